The van der Waals surface area contributed by atoms with Gasteiger partial charge in [0, 0.05) is 24.7 Å². The summed E-state index contributed by atoms with van der Waals surface area (Å²) in [6, 6.07) is 0.633. The van der Waals surface area contributed by atoms with Gasteiger partial charge in [-0.2, -0.15) is 0 Å². The lowest BCUT2D eigenvalue weighted by Crippen LogP contribution is -2.59. The predicted molar refractivity (Wildman–Crippen MR) is 44.2 cm³/mol. The van der Waals surface area contributed by atoms with Crippen molar-refractivity contribution in [1.82, 2.24) is 10.2 Å². The van der Waals surface area contributed by atoms with Crippen LogP contribution in [0.2, 0.25) is 0 Å². The third kappa shape index (κ3) is 1.96. The summed E-state index contributed by atoms with van der Waals surface area (Å²) in [5.74, 6) is 0. The van der Waals surface area contributed by atoms with Crippen LogP contribution in [-0.4, -0.2) is 36.6 Å². The maximum absolute atomic E-state index is 3.54. The fourth-order valence-corrected chi connectivity index (χ4v) is 1.97. The van der Waals surface area contributed by atoms with Gasteiger partial charge in [0.2, 0.25) is 0 Å². The molecular formula is C8H18N2. The molecule has 0 aromatic carbocycles. The highest BCUT2D eigenvalue weighted by Crippen LogP contribution is 2.11. The van der Waals surface area contributed by atoms with Crippen LogP contribution in [0.5, 0.6) is 0 Å². The Morgan fingerprint density at radius 2 is 2.10 bits per heavy atom. The molecule has 0 saturated carbocycles. The molecule has 0 aromatic rings. The predicted octanol–water partition coefficient (Wildman–Crippen LogP) is 0.688. The van der Waals surface area contributed by atoms with Crippen LogP contribution in [-0.2, 0) is 0 Å². The zero-order valence-electron chi connectivity index (χ0n) is 7.44. The topological polar surface area (TPSA) is 15.3 Å². The molecule has 0 radical (unpaired) electrons. The van der Waals surface area contributed by atoms with E-state index in [1.807, 2.05) is 0 Å². The highest BCUT2D eigenvalue weighted by Gasteiger charge is 2.27. The number of rotatable bonds is 0. The molecule has 1 unspecified atom stereocenters. The normalized spacial score (nSPS) is 34.2. The molecule has 2 heteroatoms. The lowest BCUT2D eigenvalue weighted by Gasteiger charge is -2.41. The zero-order valence-corrected chi connectivity index (χ0v) is 7.44. The molecule has 1 saturated heterocycles. The minimum absolute atomic E-state index is 0.298. The van der Waals surface area contributed by atoms with E-state index in [-0.39, 0.29) is 0 Å². The summed E-state index contributed by atoms with van der Waals surface area (Å²) >= 11 is 0. The molecular weight excluding hydrogens is 124 g/mol. The van der Waals surface area contributed by atoms with Crippen molar-refractivity contribution >= 4 is 0 Å². The molecule has 0 aromatic heterocycles. The number of nitrogens with one attached hydrogen (secondary N) is 1. The Morgan fingerprint density at radius 3 is 2.50 bits per heavy atom. The highest BCUT2D eigenvalue weighted by molar-refractivity contribution is 4.89. The van der Waals surface area contributed by atoms with Crippen molar-refractivity contribution < 1.29 is 0 Å². The first-order valence-electron chi connectivity index (χ1n) is 3.96. The summed E-state index contributed by atoms with van der Waals surface area (Å²) in [4.78, 5) is 2.38. The largest absolute Gasteiger partial charge is 0.307 e. The van der Waals surface area contributed by atoms with Crippen LogP contribution < -0.4 is 5.32 Å². The molecule has 0 amide bonds. The number of hydrogen-bond donors (Lipinski definition) is 1. The molecule has 1 heterocycles. The highest BCUT2D eigenvalue weighted by atomic mass is 15.2. The Bertz CT molecular complexity index is 108. The first-order chi connectivity index (χ1) is 4.49. The molecule has 10 heavy (non-hydrogen) atoms. The summed E-state index contributed by atoms with van der Waals surface area (Å²) in [6.07, 6.45) is 0. The maximum atomic E-state index is 3.54. The quantitative estimate of drug-likeness (QED) is 0.535. The van der Waals surface area contributed by atoms with Gasteiger partial charge in [-0.05, 0) is 27.8 Å². The smallest absolute Gasteiger partial charge is 0.0255 e. The molecule has 1 aliphatic heterocycles. The van der Waals surface area contributed by atoms with Crippen molar-refractivity contribution in [3.05, 3.63) is 0 Å². The van der Waals surface area contributed by atoms with Gasteiger partial charge in [-0.3, -0.25) is 0 Å². The van der Waals surface area contributed by atoms with E-state index in [4.69, 9.17) is 0 Å². The Hall–Kier alpha value is -0.0800. The fourth-order valence-electron chi connectivity index (χ4n) is 1.97. The van der Waals surface area contributed by atoms with E-state index in [9.17, 15) is 0 Å². The molecule has 0 aliphatic carbocycles. The monoisotopic (exact) mass is 142 g/mol. The number of piperazine rings is 1. The van der Waals surface area contributed by atoms with E-state index in [0.29, 0.717) is 11.6 Å². The van der Waals surface area contributed by atoms with Crippen LogP contribution in [0, 0.1) is 0 Å². The Labute approximate surface area is 63.6 Å². The third-order valence-electron chi connectivity index (χ3n) is 1.89. The van der Waals surface area contributed by atoms with E-state index in [1.54, 1.807) is 0 Å². The van der Waals surface area contributed by atoms with Crippen LogP contribution >= 0.6 is 0 Å². The van der Waals surface area contributed by atoms with E-state index >= 15 is 0 Å². The second kappa shape index (κ2) is 2.51. The molecule has 0 bridgehead atoms. The Morgan fingerprint density at radius 1 is 1.50 bits per heavy atom. The van der Waals surface area contributed by atoms with Gasteiger partial charge >= 0.3 is 0 Å². The first-order valence-corrected chi connectivity index (χ1v) is 3.96. The lowest BCUT2D eigenvalue weighted by atomic mass is 10.00. The van der Waals surface area contributed by atoms with Gasteiger partial charge in [0.05, 0.1) is 0 Å². The van der Waals surface area contributed by atoms with Crippen molar-refractivity contribution in [1.29, 1.82) is 0 Å². The molecule has 1 aliphatic rings. The average Bonchev–Trinajstić information content (AvgIpc) is 1.54. The minimum atomic E-state index is 0.298. The van der Waals surface area contributed by atoms with E-state index in [1.165, 1.54) is 6.54 Å². The van der Waals surface area contributed by atoms with Crippen molar-refractivity contribution in [2.75, 3.05) is 20.1 Å². The van der Waals surface area contributed by atoms with E-state index in [2.05, 4.69) is 38.0 Å². The number of hydrogen-bond acceptors (Lipinski definition) is 2. The third-order valence-corrected chi connectivity index (χ3v) is 1.89. The van der Waals surface area contributed by atoms with Crippen molar-refractivity contribution in [3.8, 4) is 0 Å². The molecule has 1 N–H and O–H groups in total. The maximum Gasteiger partial charge on any atom is 0.0255 e. The molecule has 1 atom stereocenters. The van der Waals surface area contributed by atoms with Gasteiger partial charge in [0.15, 0.2) is 0 Å². The van der Waals surface area contributed by atoms with Crippen LogP contribution in [0.25, 0.3) is 0 Å². The van der Waals surface area contributed by atoms with Crippen LogP contribution in [0.15, 0.2) is 0 Å². The van der Waals surface area contributed by atoms with Crippen molar-refractivity contribution in [3.63, 3.8) is 0 Å². The average molecular weight is 142 g/mol. The number of likely N-dealkylation sites (N-methyl/N-ethyl adjacent to an activating group) is 1. The standard InChI is InChI=1S/C8H18N2/c1-7-5-10(4)6-8(2,3)9-7/h7,9H,5-6H2,1-4H3. The molecule has 0 spiro atoms. The summed E-state index contributed by atoms with van der Waals surface area (Å²) in [7, 11) is 2.18. The van der Waals surface area contributed by atoms with Crippen LogP contribution in [0.4, 0.5) is 0 Å². The first kappa shape index (κ1) is 8.02. The Balaban J connectivity index is 2.51. The molecule has 60 valence electrons. The molecule has 2 nitrogen and oxygen atoms in total. The second-order valence-corrected chi connectivity index (χ2v) is 4.13. The second-order valence-electron chi connectivity index (χ2n) is 4.13. The SMILES string of the molecule is CC1CN(C)CC(C)(C)N1. The lowest BCUT2D eigenvalue weighted by molar-refractivity contribution is 0.149. The molecule has 1 rings (SSSR count). The van der Waals surface area contributed by atoms with E-state index in [0.717, 1.165) is 6.54 Å². The van der Waals surface area contributed by atoms with Crippen LogP contribution in [0.1, 0.15) is 20.8 Å². The fraction of sp³-hybridized carbons (Fsp3) is 1.00. The van der Waals surface area contributed by atoms with Gasteiger partial charge in [0.1, 0.15) is 0 Å². The Kier molecular flexibility index (Phi) is 2.02. The minimum Gasteiger partial charge on any atom is -0.307 e. The van der Waals surface area contributed by atoms with Gasteiger partial charge in [-0.15, -0.1) is 0 Å². The zero-order chi connectivity index (χ0) is 7.78. The van der Waals surface area contributed by atoms with Gasteiger partial charge < -0.3 is 10.2 Å². The summed E-state index contributed by atoms with van der Waals surface area (Å²) in [5, 5.41) is 3.54. The van der Waals surface area contributed by atoms with E-state index < -0.39 is 0 Å². The molecule has 1 fully saturated rings. The van der Waals surface area contributed by atoms with Crippen molar-refractivity contribution in [2.24, 2.45) is 0 Å². The summed E-state index contributed by atoms with van der Waals surface area (Å²) in [5.41, 5.74) is 0.298. The van der Waals surface area contributed by atoms with Crippen LogP contribution in [0.3, 0.4) is 0 Å². The number of nitrogens with zero attached hydrogens (tertiary/aromatic N) is 1. The van der Waals surface area contributed by atoms with Gasteiger partial charge in [-0.25, -0.2) is 0 Å². The summed E-state index contributed by atoms with van der Waals surface area (Å²) < 4.78 is 0. The van der Waals surface area contributed by atoms with Gasteiger partial charge in [-0.1, -0.05) is 0 Å². The summed E-state index contributed by atoms with van der Waals surface area (Å²) in [6.45, 7) is 9.05. The van der Waals surface area contributed by atoms with Crippen molar-refractivity contribution in [2.45, 2.75) is 32.4 Å². The van der Waals surface area contributed by atoms with Gasteiger partial charge in [0.25, 0.3) is 0 Å².